The average Bonchev–Trinajstić information content (AvgIpc) is 3.14. The fourth-order valence-electron chi connectivity index (χ4n) is 2.94. The lowest BCUT2D eigenvalue weighted by Gasteiger charge is -2.12. The van der Waals surface area contributed by atoms with Crippen LogP contribution in [-0.2, 0) is 11.0 Å². The lowest BCUT2D eigenvalue weighted by molar-refractivity contribution is -0.137. The van der Waals surface area contributed by atoms with Crippen LogP contribution in [0.25, 0.3) is 16.8 Å². The molecular formula is C21H14F4N4O2. The number of nitrogens with one attached hydrogen (secondary N) is 1. The second-order valence-corrected chi connectivity index (χ2v) is 6.47. The molecule has 158 valence electrons. The Bertz CT molecular complexity index is 1250. The summed E-state index contributed by atoms with van der Waals surface area (Å²) in [5, 5.41) is 6.47. The first-order chi connectivity index (χ1) is 14.8. The predicted octanol–water partition coefficient (Wildman–Crippen LogP) is 4.57. The zero-order valence-corrected chi connectivity index (χ0v) is 15.7. The number of carbonyl (C=O) groups is 1. The van der Waals surface area contributed by atoms with Gasteiger partial charge in [0.25, 0.3) is 5.91 Å². The van der Waals surface area contributed by atoms with E-state index in [0.29, 0.717) is 5.65 Å². The van der Waals surface area contributed by atoms with Crippen molar-refractivity contribution in [3.63, 3.8) is 0 Å². The molecule has 0 aliphatic carbocycles. The summed E-state index contributed by atoms with van der Waals surface area (Å²) in [5.74, 6) is -1.37. The van der Waals surface area contributed by atoms with Crippen molar-refractivity contribution < 1.29 is 27.1 Å². The molecule has 1 N–H and O–H groups in total. The van der Waals surface area contributed by atoms with E-state index in [1.165, 1.54) is 59.2 Å². The molecule has 4 aromatic rings. The third kappa shape index (κ3) is 4.47. The van der Waals surface area contributed by atoms with Gasteiger partial charge in [-0.2, -0.15) is 18.2 Å². The number of rotatable bonds is 5. The Morgan fingerprint density at radius 1 is 1.03 bits per heavy atom. The van der Waals surface area contributed by atoms with Crippen LogP contribution < -0.4 is 10.1 Å². The van der Waals surface area contributed by atoms with Crippen molar-refractivity contribution in [3.05, 3.63) is 78.2 Å². The highest BCUT2D eigenvalue weighted by Gasteiger charge is 2.33. The third-order valence-corrected chi connectivity index (χ3v) is 4.32. The van der Waals surface area contributed by atoms with Crippen LogP contribution in [0.4, 0.5) is 23.5 Å². The summed E-state index contributed by atoms with van der Waals surface area (Å²) >= 11 is 0. The molecule has 0 aliphatic heterocycles. The van der Waals surface area contributed by atoms with Crippen LogP contribution in [0.15, 0.2) is 66.9 Å². The Morgan fingerprint density at radius 2 is 1.77 bits per heavy atom. The fraction of sp³-hybridized carbons (Fsp3) is 0.0952. The first-order valence-corrected chi connectivity index (χ1v) is 9.01. The number of halogens is 4. The number of hydrogen-bond donors (Lipinski definition) is 1. The van der Waals surface area contributed by atoms with E-state index in [2.05, 4.69) is 15.4 Å². The maximum absolute atomic E-state index is 13.5. The number of anilines is 1. The van der Waals surface area contributed by atoms with Gasteiger partial charge in [-0.05, 0) is 35.9 Å². The van der Waals surface area contributed by atoms with Crippen LogP contribution in [0.2, 0.25) is 0 Å². The molecular weight excluding hydrogens is 416 g/mol. The zero-order valence-electron chi connectivity index (χ0n) is 15.7. The van der Waals surface area contributed by atoms with Gasteiger partial charge in [-0.15, -0.1) is 5.10 Å². The molecule has 31 heavy (non-hydrogen) atoms. The molecule has 0 spiro atoms. The van der Waals surface area contributed by atoms with Gasteiger partial charge < -0.3 is 4.74 Å². The van der Waals surface area contributed by atoms with E-state index in [4.69, 9.17) is 4.74 Å². The molecule has 0 radical (unpaired) electrons. The minimum Gasteiger partial charge on any atom is -0.481 e. The number of ether oxygens (including phenoxy) is 1. The summed E-state index contributed by atoms with van der Waals surface area (Å²) in [7, 11) is 0. The molecule has 10 heteroatoms. The Labute approximate surface area is 173 Å². The van der Waals surface area contributed by atoms with Crippen molar-refractivity contribution in [1.29, 1.82) is 0 Å². The summed E-state index contributed by atoms with van der Waals surface area (Å²) in [5.41, 5.74) is -0.172. The maximum Gasteiger partial charge on any atom is 0.417 e. The number of fused-ring (bicyclic) bond motifs is 1. The van der Waals surface area contributed by atoms with Crippen molar-refractivity contribution in [2.45, 2.75) is 6.18 Å². The van der Waals surface area contributed by atoms with Gasteiger partial charge in [0, 0.05) is 11.8 Å². The molecule has 4 rings (SSSR count). The van der Waals surface area contributed by atoms with E-state index in [1.54, 1.807) is 6.07 Å². The van der Waals surface area contributed by atoms with Crippen molar-refractivity contribution in [2.24, 2.45) is 0 Å². The van der Waals surface area contributed by atoms with E-state index >= 15 is 0 Å². The monoisotopic (exact) mass is 430 g/mol. The Morgan fingerprint density at radius 3 is 2.55 bits per heavy atom. The second kappa shape index (κ2) is 8.05. The van der Waals surface area contributed by atoms with Crippen molar-refractivity contribution in [1.82, 2.24) is 14.6 Å². The van der Waals surface area contributed by atoms with E-state index in [-0.39, 0.29) is 22.8 Å². The molecule has 0 unspecified atom stereocenters. The molecule has 6 nitrogen and oxygen atoms in total. The Hall–Kier alpha value is -3.95. The van der Waals surface area contributed by atoms with Gasteiger partial charge in [0.1, 0.15) is 0 Å². The highest BCUT2D eigenvalue weighted by atomic mass is 19.4. The quantitative estimate of drug-likeness (QED) is 0.471. The number of nitrogens with zero attached hydrogens (tertiary/aromatic N) is 3. The number of amides is 1. The molecule has 0 atom stereocenters. The number of hydrogen-bond acceptors (Lipinski definition) is 4. The predicted molar refractivity (Wildman–Crippen MR) is 104 cm³/mol. The molecule has 2 aromatic carbocycles. The molecule has 2 heterocycles. The smallest absolute Gasteiger partial charge is 0.417 e. The third-order valence-electron chi connectivity index (χ3n) is 4.32. The van der Waals surface area contributed by atoms with E-state index in [1.807, 2.05) is 0 Å². The highest BCUT2D eigenvalue weighted by molar-refractivity contribution is 5.90. The second-order valence-electron chi connectivity index (χ2n) is 6.47. The van der Waals surface area contributed by atoms with Gasteiger partial charge in [-0.25, -0.2) is 8.91 Å². The summed E-state index contributed by atoms with van der Waals surface area (Å²) in [6.45, 7) is -0.472. The average molecular weight is 430 g/mol. The number of aromatic nitrogens is 3. The molecule has 0 fully saturated rings. The van der Waals surface area contributed by atoms with Gasteiger partial charge in [-0.3, -0.25) is 10.1 Å². The summed E-state index contributed by atoms with van der Waals surface area (Å²) in [6, 6.07) is 13.8. The summed E-state index contributed by atoms with van der Waals surface area (Å²) < 4.78 is 59.8. The van der Waals surface area contributed by atoms with Crippen LogP contribution in [0.3, 0.4) is 0 Å². The highest BCUT2D eigenvalue weighted by Crippen LogP contribution is 2.36. The topological polar surface area (TPSA) is 68.5 Å². The minimum atomic E-state index is -4.51. The maximum atomic E-state index is 13.5. The van der Waals surface area contributed by atoms with E-state index in [9.17, 15) is 22.4 Å². The van der Waals surface area contributed by atoms with Crippen LogP contribution in [0, 0.1) is 5.82 Å². The first-order valence-electron chi connectivity index (χ1n) is 9.01. The zero-order chi connectivity index (χ0) is 22.0. The number of pyridine rings is 1. The van der Waals surface area contributed by atoms with Gasteiger partial charge >= 0.3 is 6.18 Å². The molecule has 0 saturated heterocycles. The Balaban J connectivity index is 1.52. The van der Waals surface area contributed by atoms with Crippen LogP contribution in [0.5, 0.6) is 5.75 Å². The van der Waals surface area contributed by atoms with Gasteiger partial charge in [-0.1, -0.05) is 30.3 Å². The van der Waals surface area contributed by atoms with Gasteiger partial charge in [0.15, 0.2) is 23.8 Å². The normalized spacial score (nSPS) is 11.5. The van der Waals surface area contributed by atoms with Crippen molar-refractivity contribution >= 4 is 17.5 Å². The summed E-state index contributed by atoms with van der Waals surface area (Å²) in [4.78, 5) is 16.1. The lowest BCUT2D eigenvalue weighted by atomic mass is 10.0. The number of carbonyl (C=O) groups excluding carboxylic acids is 1. The van der Waals surface area contributed by atoms with Crippen LogP contribution in [-0.4, -0.2) is 27.1 Å². The number of para-hydroxylation sites is 1. The van der Waals surface area contributed by atoms with E-state index < -0.39 is 30.1 Å². The largest absolute Gasteiger partial charge is 0.481 e. The van der Waals surface area contributed by atoms with Crippen molar-refractivity contribution in [3.8, 4) is 16.9 Å². The van der Waals surface area contributed by atoms with Crippen LogP contribution in [0.1, 0.15) is 5.56 Å². The molecule has 0 aliphatic rings. The van der Waals surface area contributed by atoms with Crippen LogP contribution >= 0.6 is 0 Å². The summed E-state index contributed by atoms with van der Waals surface area (Å²) in [6.07, 6.45) is -3.12. The number of benzene rings is 2. The number of alkyl halides is 3. The van der Waals surface area contributed by atoms with Crippen molar-refractivity contribution in [2.75, 3.05) is 11.9 Å². The van der Waals surface area contributed by atoms with Gasteiger partial charge in [0.05, 0.1) is 5.56 Å². The van der Waals surface area contributed by atoms with E-state index in [0.717, 1.165) is 6.07 Å². The lowest BCUT2D eigenvalue weighted by Crippen LogP contribution is -2.21. The molecule has 2 aromatic heterocycles. The standard InChI is InChI=1S/C21H14F4N4O2/c22-16-7-3-4-8-17(16)31-12-19(30)27-20-26-18-10-9-13(11-29(18)28-20)14-5-1-2-6-15(14)21(23,24)25/h1-11H,12H2,(H,27,28,30). The molecule has 0 bridgehead atoms. The SMILES string of the molecule is O=C(COc1ccccc1F)Nc1nc2ccc(-c3ccccc3C(F)(F)F)cn2n1. The van der Waals surface area contributed by atoms with Gasteiger partial charge in [0.2, 0.25) is 5.95 Å². The fourth-order valence-corrected chi connectivity index (χ4v) is 2.94. The molecule has 0 saturated carbocycles. The molecule has 1 amide bonds. The first kappa shape index (κ1) is 20.3. The Kier molecular flexibility index (Phi) is 5.28. The minimum absolute atomic E-state index is 0.00345.